The van der Waals surface area contributed by atoms with E-state index >= 15 is 0 Å². The summed E-state index contributed by atoms with van der Waals surface area (Å²) in [5.41, 5.74) is 1.01. The third-order valence-electron chi connectivity index (χ3n) is 7.97. The highest BCUT2D eigenvalue weighted by Crippen LogP contribution is 2.31. The van der Waals surface area contributed by atoms with E-state index in [1.54, 1.807) is 30.3 Å². The van der Waals surface area contributed by atoms with Gasteiger partial charge in [-0.3, -0.25) is 9.36 Å². The van der Waals surface area contributed by atoms with E-state index in [2.05, 4.69) is 25.6 Å². The highest BCUT2D eigenvalue weighted by atomic mass is 19.3. The first-order chi connectivity index (χ1) is 19.5. The van der Waals surface area contributed by atoms with Crippen LogP contribution in [0.1, 0.15) is 57.2 Å². The Morgan fingerprint density at radius 1 is 1.02 bits per heavy atom. The summed E-state index contributed by atoms with van der Waals surface area (Å²) in [4.78, 5) is 27.9. The monoisotopic (exact) mass is 555 g/mol. The number of hydrogen-bond donors (Lipinski definition) is 2. The number of carbonyl (C=O) groups is 1. The molecule has 10 nitrogen and oxygen atoms in total. The Balaban J connectivity index is 1.19. The lowest BCUT2D eigenvalue weighted by molar-refractivity contribution is -0.121. The van der Waals surface area contributed by atoms with Gasteiger partial charge in [-0.25, -0.2) is 13.8 Å². The molecule has 3 aliphatic rings. The van der Waals surface area contributed by atoms with Crippen molar-refractivity contribution in [3.8, 4) is 11.7 Å². The van der Waals surface area contributed by atoms with Crippen LogP contribution >= 0.6 is 0 Å². The SMILES string of the molecule is O=C(CNC1CCC1)NC1CCC(Oc2cc(-n3c(C(F)F)nc4ccccc43)nc(N3CCOCC3)n2)CC1. The maximum atomic E-state index is 14.1. The van der Waals surface area contributed by atoms with Crippen LogP contribution in [0.25, 0.3) is 16.9 Å². The van der Waals surface area contributed by atoms with Crippen molar-refractivity contribution >= 4 is 22.9 Å². The van der Waals surface area contributed by atoms with Crippen LogP contribution in [0, 0.1) is 0 Å². The van der Waals surface area contributed by atoms with E-state index in [1.807, 2.05) is 4.90 Å². The fourth-order valence-electron chi connectivity index (χ4n) is 5.54. The highest BCUT2D eigenvalue weighted by molar-refractivity contribution is 5.78. The molecular weight excluding hydrogens is 520 g/mol. The lowest BCUT2D eigenvalue weighted by atomic mass is 9.92. The van der Waals surface area contributed by atoms with Crippen molar-refractivity contribution in [3.05, 3.63) is 36.2 Å². The molecule has 1 amide bonds. The van der Waals surface area contributed by atoms with Gasteiger partial charge in [-0.15, -0.1) is 0 Å². The number of ether oxygens (including phenoxy) is 2. The summed E-state index contributed by atoms with van der Waals surface area (Å²) in [5.74, 6) is 0.696. The lowest BCUT2D eigenvalue weighted by Gasteiger charge is -2.31. The van der Waals surface area contributed by atoms with Gasteiger partial charge in [0.2, 0.25) is 17.7 Å². The Morgan fingerprint density at radius 2 is 1.80 bits per heavy atom. The average molecular weight is 556 g/mol. The fraction of sp³-hybridized carbons (Fsp3) is 0.571. The molecule has 3 fully saturated rings. The summed E-state index contributed by atoms with van der Waals surface area (Å²) in [7, 11) is 0. The van der Waals surface area contributed by atoms with Crippen molar-refractivity contribution in [3.63, 3.8) is 0 Å². The van der Waals surface area contributed by atoms with Gasteiger partial charge in [0.15, 0.2) is 5.82 Å². The van der Waals surface area contributed by atoms with Crippen molar-refractivity contribution in [2.45, 2.75) is 69.6 Å². The number of fused-ring (bicyclic) bond motifs is 1. The number of benzene rings is 1. The number of rotatable bonds is 9. The number of halogens is 2. The van der Waals surface area contributed by atoms with Crippen LogP contribution in [0.4, 0.5) is 14.7 Å². The summed E-state index contributed by atoms with van der Waals surface area (Å²) < 4.78 is 41.4. The number of hydrogen-bond acceptors (Lipinski definition) is 8. The molecule has 2 N–H and O–H groups in total. The summed E-state index contributed by atoms with van der Waals surface area (Å²) in [6.07, 6.45) is 3.75. The Hall–Kier alpha value is -3.38. The largest absolute Gasteiger partial charge is 0.474 e. The summed E-state index contributed by atoms with van der Waals surface area (Å²) in [5, 5.41) is 6.44. The maximum Gasteiger partial charge on any atom is 0.296 e. The van der Waals surface area contributed by atoms with Gasteiger partial charge in [0.25, 0.3) is 6.43 Å². The number of carbonyl (C=O) groups excluding carboxylic acids is 1. The van der Waals surface area contributed by atoms with E-state index in [0.717, 1.165) is 38.5 Å². The minimum Gasteiger partial charge on any atom is -0.474 e. The number of para-hydroxylation sites is 2. The Kier molecular flexibility index (Phi) is 8.05. The molecule has 6 rings (SSSR count). The van der Waals surface area contributed by atoms with Gasteiger partial charge in [-0.2, -0.15) is 9.97 Å². The number of nitrogens with one attached hydrogen (secondary N) is 2. The molecule has 2 aromatic heterocycles. The predicted molar refractivity (Wildman–Crippen MR) is 145 cm³/mol. The molecule has 2 aliphatic carbocycles. The van der Waals surface area contributed by atoms with Crippen LogP contribution in [0.15, 0.2) is 30.3 Å². The van der Waals surface area contributed by atoms with Crippen molar-refractivity contribution in [1.82, 2.24) is 30.2 Å². The van der Waals surface area contributed by atoms with Gasteiger partial charge in [0.1, 0.15) is 11.9 Å². The third kappa shape index (κ3) is 6.02. The Morgan fingerprint density at radius 3 is 2.52 bits per heavy atom. The third-order valence-corrected chi connectivity index (χ3v) is 7.97. The number of imidazole rings is 1. The molecule has 0 radical (unpaired) electrons. The molecule has 1 saturated heterocycles. The number of anilines is 1. The molecular formula is C28H35F2N7O3. The zero-order valence-electron chi connectivity index (χ0n) is 22.4. The van der Waals surface area contributed by atoms with Gasteiger partial charge in [-0.1, -0.05) is 18.6 Å². The number of alkyl halides is 2. The highest BCUT2D eigenvalue weighted by Gasteiger charge is 2.27. The quantitative estimate of drug-likeness (QED) is 0.413. The van der Waals surface area contributed by atoms with Crippen molar-refractivity contribution in [2.75, 3.05) is 37.7 Å². The van der Waals surface area contributed by atoms with Crippen LogP contribution < -0.4 is 20.3 Å². The minimum atomic E-state index is -2.78. The van der Waals surface area contributed by atoms with Crippen molar-refractivity contribution in [1.29, 1.82) is 0 Å². The van der Waals surface area contributed by atoms with Crippen molar-refractivity contribution in [2.24, 2.45) is 0 Å². The molecule has 214 valence electrons. The summed E-state index contributed by atoms with van der Waals surface area (Å²) in [6.45, 7) is 2.61. The first-order valence-electron chi connectivity index (χ1n) is 14.2. The summed E-state index contributed by atoms with van der Waals surface area (Å²) in [6, 6.07) is 9.23. The first-order valence-corrected chi connectivity index (χ1v) is 14.2. The lowest BCUT2D eigenvalue weighted by Crippen LogP contribution is -2.46. The van der Waals surface area contributed by atoms with E-state index in [4.69, 9.17) is 9.47 Å². The topological polar surface area (TPSA) is 106 Å². The van der Waals surface area contributed by atoms with Crippen LogP contribution in [-0.2, 0) is 9.53 Å². The smallest absolute Gasteiger partial charge is 0.296 e. The van der Waals surface area contributed by atoms with Gasteiger partial charge in [0.05, 0.1) is 30.8 Å². The average Bonchev–Trinajstić information content (AvgIpc) is 3.34. The Labute approximate surface area is 231 Å². The van der Waals surface area contributed by atoms with Gasteiger partial charge >= 0.3 is 0 Å². The fourth-order valence-corrected chi connectivity index (χ4v) is 5.54. The molecule has 0 unspecified atom stereocenters. The summed E-state index contributed by atoms with van der Waals surface area (Å²) >= 11 is 0. The van der Waals surface area contributed by atoms with E-state index in [9.17, 15) is 13.6 Å². The molecule has 3 heterocycles. The number of aromatic nitrogens is 4. The second-order valence-electron chi connectivity index (χ2n) is 10.7. The molecule has 40 heavy (non-hydrogen) atoms. The van der Waals surface area contributed by atoms with Crippen LogP contribution in [0.3, 0.4) is 0 Å². The van der Waals surface area contributed by atoms with Crippen LogP contribution in [0.2, 0.25) is 0 Å². The first kappa shape index (κ1) is 26.8. The van der Waals surface area contributed by atoms with E-state index < -0.39 is 6.43 Å². The second-order valence-corrected chi connectivity index (χ2v) is 10.7. The van der Waals surface area contributed by atoms with Gasteiger partial charge in [0, 0.05) is 31.2 Å². The number of morpholine rings is 1. The molecule has 1 aliphatic heterocycles. The van der Waals surface area contributed by atoms with Crippen LogP contribution in [-0.4, -0.2) is 76.5 Å². The molecule has 2 saturated carbocycles. The minimum absolute atomic E-state index is 0.0363. The van der Waals surface area contributed by atoms with Gasteiger partial charge < -0.3 is 25.0 Å². The zero-order valence-corrected chi connectivity index (χ0v) is 22.4. The van der Waals surface area contributed by atoms with E-state index in [0.29, 0.717) is 61.8 Å². The standard InChI is InChI=1S/C28H35F2N7O3/c29-26(30)27-33-21-6-1-2-7-22(21)37(27)23-16-25(35-28(34-23)36-12-14-39-15-13-36)40-20-10-8-19(9-11-20)32-24(38)17-31-18-4-3-5-18/h1-2,6-7,16,18-20,26,31H,3-5,8-15,17H2,(H,32,38). The second kappa shape index (κ2) is 12.0. The molecule has 1 aromatic carbocycles. The maximum absolute atomic E-state index is 14.1. The van der Waals surface area contributed by atoms with E-state index in [-0.39, 0.29) is 29.7 Å². The van der Waals surface area contributed by atoms with Gasteiger partial charge in [-0.05, 0) is 50.7 Å². The van der Waals surface area contributed by atoms with E-state index in [1.165, 1.54) is 11.0 Å². The number of nitrogens with zero attached hydrogens (tertiary/aromatic N) is 5. The molecule has 0 bridgehead atoms. The number of amides is 1. The zero-order chi connectivity index (χ0) is 27.5. The molecule has 0 atom stereocenters. The molecule has 3 aromatic rings. The van der Waals surface area contributed by atoms with Crippen LogP contribution in [0.5, 0.6) is 5.88 Å². The predicted octanol–water partition coefficient (Wildman–Crippen LogP) is 3.54. The van der Waals surface area contributed by atoms with Crippen molar-refractivity contribution < 1.29 is 23.0 Å². The molecule has 12 heteroatoms. The normalized spacial score (nSPS) is 21.9. The Bertz CT molecular complexity index is 1320. The molecule has 0 spiro atoms.